The summed E-state index contributed by atoms with van der Waals surface area (Å²) in [5, 5.41) is 15.9. The summed E-state index contributed by atoms with van der Waals surface area (Å²) in [5.41, 5.74) is 1.32. The summed E-state index contributed by atoms with van der Waals surface area (Å²) in [7, 11) is 0. The summed E-state index contributed by atoms with van der Waals surface area (Å²) in [6, 6.07) is 17.7. The Bertz CT molecular complexity index is 1130. The van der Waals surface area contributed by atoms with Crippen molar-refractivity contribution in [2.75, 3.05) is 11.9 Å². The number of ketones is 1. The second kappa shape index (κ2) is 10.3. The van der Waals surface area contributed by atoms with Gasteiger partial charge in [0.25, 0.3) is 5.91 Å². The molecule has 1 amide bonds. The minimum absolute atomic E-state index is 0.0263. The van der Waals surface area contributed by atoms with Crippen LogP contribution in [0.1, 0.15) is 28.8 Å². The number of carbonyl (C=O) groups is 3. The van der Waals surface area contributed by atoms with Crippen LogP contribution < -0.4 is 5.32 Å². The van der Waals surface area contributed by atoms with Crippen LogP contribution in [0.15, 0.2) is 65.3 Å². The van der Waals surface area contributed by atoms with E-state index < -0.39 is 18.5 Å². The SMILES string of the molecule is N#Cc1cnn(-c2ccccc2)c1NC(=O)COC(=O)CCC(=O)c1ccc(Br)cc1. The van der Waals surface area contributed by atoms with E-state index in [1.165, 1.54) is 10.9 Å². The third-order valence-corrected chi connectivity index (χ3v) is 4.76. The van der Waals surface area contributed by atoms with Crippen LogP contribution in [0.4, 0.5) is 5.82 Å². The number of nitrogens with zero attached hydrogens (tertiary/aromatic N) is 3. The highest BCUT2D eigenvalue weighted by Crippen LogP contribution is 2.19. The molecule has 0 bridgehead atoms. The van der Waals surface area contributed by atoms with Gasteiger partial charge in [-0.3, -0.25) is 14.4 Å². The molecule has 2 aromatic carbocycles. The molecule has 0 aliphatic rings. The summed E-state index contributed by atoms with van der Waals surface area (Å²) < 4.78 is 7.22. The maximum absolute atomic E-state index is 12.2. The molecule has 31 heavy (non-hydrogen) atoms. The second-order valence-electron chi connectivity index (χ2n) is 6.40. The number of carbonyl (C=O) groups excluding carboxylic acids is 3. The zero-order valence-electron chi connectivity index (χ0n) is 16.2. The van der Waals surface area contributed by atoms with Gasteiger partial charge in [-0.1, -0.05) is 46.3 Å². The van der Waals surface area contributed by atoms with Crippen molar-refractivity contribution in [1.82, 2.24) is 9.78 Å². The first-order valence-electron chi connectivity index (χ1n) is 9.25. The van der Waals surface area contributed by atoms with Gasteiger partial charge in [0.1, 0.15) is 11.6 Å². The molecule has 0 saturated heterocycles. The number of hydrogen-bond donors (Lipinski definition) is 1. The number of para-hydroxylation sites is 1. The number of rotatable bonds is 8. The molecule has 0 fully saturated rings. The van der Waals surface area contributed by atoms with Gasteiger partial charge in [0.15, 0.2) is 18.2 Å². The number of amides is 1. The first-order valence-corrected chi connectivity index (χ1v) is 10.0. The molecule has 1 N–H and O–H groups in total. The van der Waals surface area contributed by atoms with Crippen LogP contribution >= 0.6 is 15.9 Å². The first-order chi connectivity index (χ1) is 15.0. The number of anilines is 1. The van der Waals surface area contributed by atoms with E-state index in [0.717, 1.165) is 4.47 Å². The molecule has 0 unspecified atom stereocenters. The Morgan fingerprint density at radius 2 is 1.77 bits per heavy atom. The molecule has 1 aromatic heterocycles. The van der Waals surface area contributed by atoms with E-state index in [9.17, 15) is 19.6 Å². The average molecular weight is 481 g/mol. The molecule has 0 atom stereocenters. The van der Waals surface area contributed by atoms with Crippen molar-refractivity contribution in [2.24, 2.45) is 0 Å². The molecule has 0 saturated carbocycles. The smallest absolute Gasteiger partial charge is 0.306 e. The molecule has 9 heteroatoms. The van der Waals surface area contributed by atoms with Crippen LogP contribution in [0.5, 0.6) is 0 Å². The number of hydrogen-bond acceptors (Lipinski definition) is 6. The largest absolute Gasteiger partial charge is 0.456 e. The molecule has 1 heterocycles. The Kier molecular flexibility index (Phi) is 7.30. The lowest BCUT2D eigenvalue weighted by Gasteiger charge is -2.10. The summed E-state index contributed by atoms with van der Waals surface area (Å²) in [6.07, 6.45) is 1.16. The molecular formula is C22H17BrN4O4. The topological polar surface area (TPSA) is 114 Å². The molecular weight excluding hydrogens is 464 g/mol. The van der Waals surface area contributed by atoms with Crippen LogP contribution in [0, 0.1) is 11.3 Å². The van der Waals surface area contributed by atoms with Crippen molar-refractivity contribution in [3.05, 3.63) is 76.4 Å². The fourth-order valence-corrected chi connectivity index (χ4v) is 2.96. The fraction of sp³-hybridized carbons (Fsp3) is 0.136. The number of halogens is 1. The Morgan fingerprint density at radius 1 is 1.06 bits per heavy atom. The molecule has 3 aromatic rings. The van der Waals surface area contributed by atoms with Gasteiger partial charge in [0.05, 0.1) is 18.3 Å². The van der Waals surface area contributed by atoms with Crippen molar-refractivity contribution < 1.29 is 19.1 Å². The number of Topliss-reactive ketones (excluding diaryl/α,β-unsaturated/α-hetero) is 1. The van der Waals surface area contributed by atoms with Gasteiger partial charge in [-0.05, 0) is 24.3 Å². The lowest BCUT2D eigenvalue weighted by molar-refractivity contribution is -0.147. The van der Waals surface area contributed by atoms with Crippen LogP contribution in [0.2, 0.25) is 0 Å². The predicted molar refractivity (Wildman–Crippen MR) is 116 cm³/mol. The number of benzene rings is 2. The fourth-order valence-electron chi connectivity index (χ4n) is 2.70. The number of ether oxygens (including phenoxy) is 1. The third kappa shape index (κ3) is 5.87. The van der Waals surface area contributed by atoms with E-state index in [0.29, 0.717) is 11.3 Å². The highest BCUT2D eigenvalue weighted by atomic mass is 79.9. The maximum atomic E-state index is 12.2. The van der Waals surface area contributed by atoms with Gasteiger partial charge in [-0.2, -0.15) is 10.4 Å². The highest BCUT2D eigenvalue weighted by molar-refractivity contribution is 9.10. The van der Waals surface area contributed by atoms with Crippen molar-refractivity contribution in [2.45, 2.75) is 12.8 Å². The minimum Gasteiger partial charge on any atom is -0.456 e. The van der Waals surface area contributed by atoms with Gasteiger partial charge >= 0.3 is 5.97 Å². The van der Waals surface area contributed by atoms with E-state index in [1.807, 2.05) is 12.1 Å². The highest BCUT2D eigenvalue weighted by Gasteiger charge is 2.17. The zero-order valence-corrected chi connectivity index (χ0v) is 17.8. The predicted octanol–water partition coefficient (Wildman–Crippen LogP) is 3.65. The van der Waals surface area contributed by atoms with Crippen molar-refractivity contribution >= 4 is 39.4 Å². The van der Waals surface area contributed by atoms with Crippen molar-refractivity contribution in [1.29, 1.82) is 5.26 Å². The monoisotopic (exact) mass is 480 g/mol. The molecule has 3 rings (SSSR count). The van der Waals surface area contributed by atoms with Gasteiger partial charge in [0.2, 0.25) is 0 Å². The number of aromatic nitrogens is 2. The van der Waals surface area contributed by atoms with Gasteiger partial charge in [-0.25, -0.2) is 4.68 Å². The van der Waals surface area contributed by atoms with Crippen LogP contribution in [-0.4, -0.2) is 34.0 Å². The second-order valence-corrected chi connectivity index (χ2v) is 7.32. The molecule has 0 spiro atoms. The third-order valence-electron chi connectivity index (χ3n) is 4.23. The molecule has 0 aliphatic carbocycles. The van der Waals surface area contributed by atoms with E-state index in [4.69, 9.17) is 4.74 Å². The Morgan fingerprint density at radius 3 is 2.45 bits per heavy atom. The normalized spacial score (nSPS) is 10.2. The quantitative estimate of drug-likeness (QED) is 0.388. The Hall–Kier alpha value is -3.77. The number of nitrogens with one attached hydrogen (secondary N) is 1. The summed E-state index contributed by atoms with van der Waals surface area (Å²) in [5.74, 6) is -1.31. The lowest BCUT2D eigenvalue weighted by atomic mass is 10.1. The molecule has 0 aliphatic heterocycles. The summed E-state index contributed by atoms with van der Waals surface area (Å²) >= 11 is 3.29. The standard InChI is InChI=1S/C22H17BrN4O4/c23-17-8-6-15(7-9-17)19(28)10-11-21(30)31-14-20(29)26-22-16(12-24)13-25-27(22)18-4-2-1-3-5-18/h1-9,13H,10-11,14H2,(H,26,29). The van der Waals surface area contributed by atoms with Gasteiger partial charge < -0.3 is 10.1 Å². The zero-order chi connectivity index (χ0) is 22.2. The van der Waals surface area contributed by atoms with Crippen LogP contribution in [-0.2, 0) is 14.3 Å². The maximum Gasteiger partial charge on any atom is 0.306 e. The van der Waals surface area contributed by atoms with Gasteiger partial charge in [0, 0.05) is 16.5 Å². The van der Waals surface area contributed by atoms with Crippen molar-refractivity contribution in [3.8, 4) is 11.8 Å². The van der Waals surface area contributed by atoms with E-state index in [-0.39, 0.29) is 30.0 Å². The first kappa shape index (κ1) is 21.9. The Labute approximate surface area is 186 Å². The molecule has 156 valence electrons. The van der Waals surface area contributed by atoms with E-state index in [1.54, 1.807) is 48.5 Å². The minimum atomic E-state index is -0.669. The number of esters is 1. The Balaban J connectivity index is 1.53. The van der Waals surface area contributed by atoms with Gasteiger partial charge in [-0.15, -0.1) is 0 Å². The number of nitriles is 1. The average Bonchev–Trinajstić information content (AvgIpc) is 3.19. The molecule has 8 nitrogen and oxygen atoms in total. The van der Waals surface area contributed by atoms with E-state index >= 15 is 0 Å². The van der Waals surface area contributed by atoms with Crippen LogP contribution in [0.25, 0.3) is 5.69 Å². The summed E-state index contributed by atoms with van der Waals surface area (Å²) in [6.45, 7) is -0.545. The van der Waals surface area contributed by atoms with Crippen molar-refractivity contribution in [3.63, 3.8) is 0 Å². The lowest BCUT2D eigenvalue weighted by Crippen LogP contribution is -2.23. The summed E-state index contributed by atoms with van der Waals surface area (Å²) in [4.78, 5) is 36.3. The van der Waals surface area contributed by atoms with E-state index in [2.05, 4.69) is 26.3 Å². The molecule has 0 radical (unpaired) electrons. The van der Waals surface area contributed by atoms with Crippen LogP contribution in [0.3, 0.4) is 0 Å².